The molecule has 0 spiro atoms. The summed E-state index contributed by atoms with van der Waals surface area (Å²) in [6.45, 7) is 5.04. The zero-order chi connectivity index (χ0) is 13.9. The number of nitrogens with zero attached hydrogens (tertiary/aromatic N) is 1. The van der Waals surface area contributed by atoms with Gasteiger partial charge in [0.15, 0.2) is 0 Å². The first-order valence-corrected chi connectivity index (χ1v) is 6.88. The minimum absolute atomic E-state index is 0.0250. The van der Waals surface area contributed by atoms with Crippen molar-refractivity contribution < 1.29 is 17.9 Å². The first-order valence-electron chi connectivity index (χ1n) is 5.39. The van der Waals surface area contributed by atoms with Gasteiger partial charge in [-0.15, -0.1) is 0 Å². The van der Waals surface area contributed by atoms with E-state index in [9.17, 15) is 13.2 Å². The topological polar surface area (TPSA) is 101 Å². The van der Waals surface area contributed by atoms with Gasteiger partial charge in [-0.1, -0.05) is 13.8 Å². The van der Waals surface area contributed by atoms with Gasteiger partial charge in [0.25, 0.3) is 0 Å². The Morgan fingerprint density at radius 1 is 1.50 bits per heavy atom. The number of hydrogen-bond donors (Lipinski definition) is 2. The number of aryl methyl sites for hydroxylation is 1. The molecular weight excluding hydrogens is 258 g/mol. The van der Waals surface area contributed by atoms with Crippen LogP contribution < -0.4 is 4.72 Å². The molecule has 0 radical (unpaired) electrons. The van der Waals surface area contributed by atoms with Crippen LogP contribution in [-0.4, -0.2) is 37.7 Å². The number of aromatic amines is 1. The molecule has 2 N–H and O–H groups in total. The number of hydrogen-bond acceptors (Lipinski definition) is 5. The number of nitrogens with one attached hydrogen (secondary N) is 2. The maximum absolute atomic E-state index is 12.1. The number of rotatable bonds is 5. The van der Waals surface area contributed by atoms with Crippen molar-refractivity contribution in [1.82, 2.24) is 14.9 Å². The average Bonchev–Trinajstić information content (AvgIpc) is 2.72. The molecule has 102 valence electrons. The number of aromatic nitrogens is 2. The maximum atomic E-state index is 12.1. The number of sulfonamides is 1. The monoisotopic (exact) mass is 275 g/mol. The van der Waals surface area contributed by atoms with Crippen LogP contribution in [0.2, 0.25) is 0 Å². The van der Waals surface area contributed by atoms with Crippen LogP contribution in [0.5, 0.6) is 0 Å². The van der Waals surface area contributed by atoms with Gasteiger partial charge in [0.1, 0.15) is 10.9 Å². The van der Waals surface area contributed by atoms with Gasteiger partial charge in [-0.3, -0.25) is 9.89 Å². The summed E-state index contributed by atoms with van der Waals surface area (Å²) in [7, 11) is -2.57. The van der Waals surface area contributed by atoms with Gasteiger partial charge in [-0.2, -0.15) is 9.82 Å². The van der Waals surface area contributed by atoms with E-state index in [-0.39, 0.29) is 10.8 Å². The summed E-state index contributed by atoms with van der Waals surface area (Å²) in [4.78, 5) is 11.5. The molecule has 0 saturated heterocycles. The quantitative estimate of drug-likeness (QED) is 0.747. The molecule has 1 aromatic heterocycles. The highest BCUT2D eigenvalue weighted by Gasteiger charge is 2.30. The molecule has 0 aliphatic carbocycles. The Bertz CT molecular complexity index is 521. The molecule has 0 amide bonds. The Hall–Kier alpha value is -1.41. The highest BCUT2D eigenvalue weighted by Crippen LogP contribution is 2.14. The van der Waals surface area contributed by atoms with Crippen molar-refractivity contribution in [1.29, 1.82) is 0 Å². The van der Waals surface area contributed by atoms with Crippen molar-refractivity contribution in [3.05, 3.63) is 11.9 Å². The third kappa shape index (κ3) is 3.08. The van der Waals surface area contributed by atoms with Crippen LogP contribution in [0.15, 0.2) is 11.1 Å². The van der Waals surface area contributed by atoms with Gasteiger partial charge < -0.3 is 4.74 Å². The van der Waals surface area contributed by atoms with Gasteiger partial charge in [-0.05, 0) is 12.8 Å². The van der Waals surface area contributed by atoms with Gasteiger partial charge in [0, 0.05) is 0 Å². The summed E-state index contributed by atoms with van der Waals surface area (Å²) in [5.74, 6) is -0.839. The van der Waals surface area contributed by atoms with Crippen LogP contribution in [0.25, 0.3) is 0 Å². The Labute approximate surface area is 106 Å². The summed E-state index contributed by atoms with van der Waals surface area (Å²) >= 11 is 0. The number of carbonyl (C=O) groups is 1. The minimum Gasteiger partial charge on any atom is -0.468 e. The van der Waals surface area contributed by atoms with Crippen molar-refractivity contribution in [2.45, 2.75) is 31.7 Å². The third-order valence-electron chi connectivity index (χ3n) is 2.48. The second kappa shape index (κ2) is 5.49. The normalized spacial score (nSPS) is 13.6. The van der Waals surface area contributed by atoms with E-state index in [4.69, 9.17) is 0 Å². The molecule has 0 aliphatic rings. The van der Waals surface area contributed by atoms with Crippen LogP contribution in [0, 0.1) is 12.8 Å². The Balaban J connectivity index is 3.01. The molecule has 1 heterocycles. The van der Waals surface area contributed by atoms with E-state index < -0.39 is 22.0 Å². The summed E-state index contributed by atoms with van der Waals surface area (Å²) in [5, 5.41) is 6.18. The lowest BCUT2D eigenvalue weighted by Gasteiger charge is -2.19. The van der Waals surface area contributed by atoms with E-state index in [0.717, 1.165) is 0 Å². The van der Waals surface area contributed by atoms with Crippen LogP contribution >= 0.6 is 0 Å². The summed E-state index contributed by atoms with van der Waals surface area (Å²) < 4.78 is 31.0. The zero-order valence-corrected chi connectivity index (χ0v) is 11.5. The summed E-state index contributed by atoms with van der Waals surface area (Å²) in [5.41, 5.74) is 0.412. The van der Waals surface area contributed by atoms with Crippen molar-refractivity contribution in [2.24, 2.45) is 5.92 Å². The lowest BCUT2D eigenvalue weighted by Crippen LogP contribution is -2.44. The summed E-state index contributed by atoms with van der Waals surface area (Å²) in [6.07, 6.45) is 1.20. The fourth-order valence-corrected chi connectivity index (χ4v) is 2.89. The zero-order valence-electron chi connectivity index (χ0n) is 10.7. The van der Waals surface area contributed by atoms with Gasteiger partial charge in [-0.25, -0.2) is 8.42 Å². The molecule has 0 aliphatic heterocycles. The molecule has 1 aromatic rings. The van der Waals surface area contributed by atoms with E-state index in [0.29, 0.717) is 5.69 Å². The van der Waals surface area contributed by atoms with Crippen molar-refractivity contribution >= 4 is 16.0 Å². The third-order valence-corrected chi connectivity index (χ3v) is 4.03. The lowest BCUT2D eigenvalue weighted by molar-refractivity contribution is -0.143. The van der Waals surface area contributed by atoms with Crippen LogP contribution in [0.3, 0.4) is 0 Å². The van der Waals surface area contributed by atoms with Crippen LogP contribution in [0.1, 0.15) is 19.5 Å². The van der Waals surface area contributed by atoms with Gasteiger partial charge in [0.05, 0.1) is 19.0 Å². The Kier molecular flexibility index (Phi) is 4.47. The molecule has 1 unspecified atom stereocenters. The fraction of sp³-hybridized carbons (Fsp3) is 0.600. The predicted octanol–water partition coefficient (Wildman–Crippen LogP) is 0.194. The van der Waals surface area contributed by atoms with Gasteiger partial charge in [0.2, 0.25) is 10.0 Å². The first kappa shape index (κ1) is 14.7. The Morgan fingerprint density at radius 3 is 2.50 bits per heavy atom. The van der Waals surface area contributed by atoms with E-state index in [1.165, 1.54) is 13.3 Å². The predicted molar refractivity (Wildman–Crippen MR) is 64.3 cm³/mol. The number of esters is 1. The van der Waals surface area contributed by atoms with Crippen molar-refractivity contribution in [3.63, 3.8) is 0 Å². The standard InChI is InChI=1S/C10H17N3O4S/c1-6(2)9(10(14)17-4)13-18(15,16)8-5-11-12-7(8)3/h5-6,9,13H,1-4H3,(H,11,12). The fourth-order valence-electron chi connectivity index (χ4n) is 1.42. The molecule has 0 saturated carbocycles. The lowest BCUT2D eigenvalue weighted by atomic mass is 10.1. The maximum Gasteiger partial charge on any atom is 0.324 e. The molecule has 0 fully saturated rings. The molecule has 8 heteroatoms. The molecular formula is C10H17N3O4S. The molecule has 0 bridgehead atoms. The number of carbonyl (C=O) groups excluding carboxylic acids is 1. The number of H-pyrrole nitrogens is 1. The molecule has 18 heavy (non-hydrogen) atoms. The molecule has 1 rings (SSSR count). The smallest absolute Gasteiger partial charge is 0.324 e. The van der Waals surface area contributed by atoms with Crippen molar-refractivity contribution in [3.8, 4) is 0 Å². The average molecular weight is 275 g/mol. The van der Waals surface area contributed by atoms with Crippen LogP contribution in [0.4, 0.5) is 0 Å². The number of ether oxygens (including phenoxy) is 1. The molecule has 0 aromatic carbocycles. The second-order valence-corrected chi connectivity index (χ2v) is 5.91. The minimum atomic E-state index is -3.79. The van der Waals surface area contributed by atoms with E-state index >= 15 is 0 Å². The van der Waals surface area contributed by atoms with E-state index in [1.54, 1.807) is 20.8 Å². The Morgan fingerprint density at radius 2 is 2.11 bits per heavy atom. The highest BCUT2D eigenvalue weighted by atomic mass is 32.2. The largest absolute Gasteiger partial charge is 0.468 e. The molecule has 1 atom stereocenters. The second-order valence-electron chi connectivity index (χ2n) is 4.23. The summed E-state index contributed by atoms with van der Waals surface area (Å²) in [6, 6.07) is -0.922. The SMILES string of the molecule is COC(=O)C(NS(=O)(=O)c1cn[nH]c1C)C(C)C. The first-order chi connectivity index (χ1) is 8.29. The highest BCUT2D eigenvalue weighted by molar-refractivity contribution is 7.89. The molecule has 7 nitrogen and oxygen atoms in total. The van der Waals surface area contributed by atoms with Crippen molar-refractivity contribution in [2.75, 3.05) is 7.11 Å². The van der Waals surface area contributed by atoms with Gasteiger partial charge >= 0.3 is 5.97 Å². The van der Waals surface area contributed by atoms with E-state index in [2.05, 4.69) is 19.7 Å². The van der Waals surface area contributed by atoms with E-state index in [1.807, 2.05) is 0 Å². The van der Waals surface area contributed by atoms with Crippen LogP contribution in [-0.2, 0) is 19.6 Å². The number of methoxy groups -OCH3 is 1.